The van der Waals surface area contributed by atoms with Crippen LogP contribution in [0, 0.1) is 15.5 Å². The Balaban J connectivity index is 1.04. The largest absolute Gasteiger partial charge is 0.483 e. The van der Waals surface area contributed by atoms with E-state index in [-0.39, 0.29) is 60.7 Å². The molecule has 4 heterocycles. The SMILES string of the molecule is C/C=C(\CCC1=C(CN2CCN(c3ccc(C(=O)NSc4ccc(OCC5(F)CCOCC5)c([N+](=O)[O-])c4)c(Oc4cnc5[nH]ccc5c4)c3)CC2)CCC(C)(C)C1)C(F)F. The molecule has 61 heavy (non-hydrogen) atoms. The number of pyridine rings is 1. The molecule has 0 atom stereocenters. The summed E-state index contributed by atoms with van der Waals surface area (Å²) in [5.41, 5.74) is 2.91. The minimum atomic E-state index is -2.43. The van der Waals surface area contributed by atoms with Crippen molar-refractivity contribution in [3.8, 4) is 17.2 Å². The Hall–Kier alpha value is -5.06. The highest BCUT2D eigenvalue weighted by atomic mass is 32.2. The van der Waals surface area contributed by atoms with Gasteiger partial charge in [-0.05, 0) is 98.4 Å². The second-order valence-electron chi connectivity index (χ2n) is 16.8. The summed E-state index contributed by atoms with van der Waals surface area (Å²) in [4.78, 5) is 37.8. The third-order valence-electron chi connectivity index (χ3n) is 11.9. The van der Waals surface area contributed by atoms with E-state index in [1.54, 1.807) is 37.5 Å². The zero-order chi connectivity index (χ0) is 43.1. The van der Waals surface area contributed by atoms with Gasteiger partial charge in [0.2, 0.25) is 0 Å². The second-order valence-corrected chi connectivity index (χ2v) is 17.7. The Morgan fingerprint density at radius 1 is 1.07 bits per heavy atom. The summed E-state index contributed by atoms with van der Waals surface area (Å²) in [6.07, 6.45) is 6.80. The lowest BCUT2D eigenvalue weighted by Gasteiger charge is -2.39. The van der Waals surface area contributed by atoms with Gasteiger partial charge in [0, 0.05) is 93.1 Å². The van der Waals surface area contributed by atoms with Crippen molar-refractivity contribution in [2.24, 2.45) is 5.41 Å². The number of hydrogen-bond donors (Lipinski definition) is 2. The molecule has 2 fully saturated rings. The molecule has 2 saturated heterocycles. The third-order valence-corrected chi connectivity index (χ3v) is 12.7. The topological polar surface area (TPSA) is 135 Å². The van der Waals surface area contributed by atoms with E-state index in [1.165, 1.54) is 23.3 Å². The number of nitro groups is 1. The zero-order valence-corrected chi connectivity index (χ0v) is 35.6. The molecule has 0 bridgehead atoms. The Labute approximate surface area is 358 Å². The number of piperazine rings is 1. The van der Waals surface area contributed by atoms with Crippen molar-refractivity contribution in [3.05, 3.63) is 99.4 Å². The summed E-state index contributed by atoms with van der Waals surface area (Å²) < 4.78 is 62.2. The maximum atomic E-state index is 15.1. The van der Waals surface area contributed by atoms with E-state index in [0.717, 1.165) is 75.0 Å². The third kappa shape index (κ3) is 11.3. The number of rotatable bonds is 16. The van der Waals surface area contributed by atoms with Crippen LogP contribution in [0.1, 0.15) is 76.1 Å². The molecule has 1 aliphatic carbocycles. The first-order valence-electron chi connectivity index (χ1n) is 20.8. The lowest BCUT2D eigenvalue weighted by Crippen LogP contribution is -2.47. The summed E-state index contributed by atoms with van der Waals surface area (Å²) in [5, 5.41) is 12.8. The Bertz CT molecular complexity index is 2270. The predicted molar refractivity (Wildman–Crippen MR) is 231 cm³/mol. The highest BCUT2D eigenvalue weighted by Gasteiger charge is 2.34. The number of hydrogen-bond acceptors (Lipinski definition) is 10. The fourth-order valence-electron chi connectivity index (χ4n) is 8.18. The second kappa shape index (κ2) is 19.3. The van der Waals surface area contributed by atoms with E-state index in [2.05, 4.69) is 38.3 Å². The summed E-state index contributed by atoms with van der Waals surface area (Å²) in [6.45, 7) is 10.3. The number of alkyl halides is 3. The van der Waals surface area contributed by atoms with Crippen LogP contribution in [-0.2, 0) is 4.74 Å². The monoisotopic (exact) mass is 862 g/mol. The number of carbonyl (C=O) groups excluding carboxylic acids is 1. The number of nitrogens with zero attached hydrogens (tertiary/aromatic N) is 4. The molecule has 7 rings (SSSR count). The van der Waals surface area contributed by atoms with Gasteiger partial charge in [0.15, 0.2) is 5.75 Å². The molecule has 2 N–H and O–H groups in total. The Kier molecular flexibility index (Phi) is 13.9. The number of anilines is 1. The van der Waals surface area contributed by atoms with E-state index in [0.29, 0.717) is 34.9 Å². The number of H-pyrrole nitrogens is 1. The number of halogens is 3. The molecule has 16 heteroatoms. The molecule has 0 radical (unpaired) electrons. The number of amides is 1. The van der Waals surface area contributed by atoms with E-state index in [9.17, 15) is 23.7 Å². The van der Waals surface area contributed by atoms with Crippen LogP contribution < -0.4 is 19.1 Å². The number of aromatic amines is 1. The van der Waals surface area contributed by atoms with Crippen molar-refractivity contribution < 1.29 is 37.1 Å². The molecule has 0 saturated carbocycles. The maximum Gasteiger partial charge on any atom is 0.312 e. The van der Waals surface area contributed by atoms with Crippen molar-refractivity contribution in [2.45, 2.75) is 82.7 Å². The van der Waals surface area contributed by atoms with Crippen LogP contribution in [0.25, 0.3) is 11.0 Å². The fraction of sp³-hybridized carbons (Fsp3) is 0.467. The van der Waals surface area contributed by atoms with Crippen molar-refractivity contribution in [1.82, 2.24) is 19.6 Å². The average molecular weight is 863 g/mol. The zero-order valence-electron chi connectivity index (χ0n) is 34.8. The van der Waals surface area contributed by atoms with Crippen molar-refractivity contribution in [3.63, 3.8) is 0 Å². The number of carbonyl (C=O) groups is 1. The highest BCUT2D eigenvalue weighted by molar-refractivity contribution is 7.98. The minimum absolute atomic E-state index is 0.0602. The number of benzene rings is 2. The molecule has 0 unspecified atom stereocenters. The normalized spacial score (nSPS) is 18.4. The standard InChI is InChI=1S/C45H53F3N6O6S/c1-4-30(41(46)47)5-6-32-26-44(2,3)13-11-33(32)28-52-17-19-53(20-18-52)34-7-9-37(40(24-34)60-35-23-31-12-16-49-42(31)50-27-35)43(55)51-61-36-8-10-39(38(25-36)54(56)57)59-29-45(48)14-21-58-22-15-45/h4,7-10,12,16,23-25,27,41H,5-6,11,13-15,17-22,26,28-29H2,1-3H3,(H,49,50)(H,51,55)/b30-4+. The van der Waals surface area contributed by atoms with Crippen LogP contribution >= 0.6 is 11.9 Å². The molecule has 3 aliphatic rings. The molecule has 4 aromatic rings. The van der Waals surface area contributed by atoms with Crippen LogP contribution in [0.3, 0.4) is 0 Å². The maximum absolute atomic E-state index is 15.1. The van der Waals surface area contributed by atoms with Gasteiger partial charge in [-0.2, -0.15) is 0 Å². The number of aromatic nitrogens is 2. The van der Waals surface area contributed by atoms with Gasteiger partial charge in [0.05, 0.1) is 16.7 Å². The van der Waals surface area contributed by atoms with Gasteiger partial charge in [0.25, 0.3) is 12.3 Å². The van der Waals surface area contributed by atoms with Crippen LogP contribution in [0.2, 0.25) is 0 Å². The van der Waals surface area contributed by atoms with Crippen molar-refractivity contribution >= 4 is 40.3 Å². The van der Waals surface area contributed by atoms with Gasteiger partial charge in [-0.3, -0.25) is 24.5 Å². The summed E-state index contributed by atoms with van der Waals surface area (Å²) in [7, 11) is 0. The lowest BCUT2D eigenvalue weighted by molar-refractivity contribution is -0.386. The van der Waals surface area contributed by atoms with Crippen molar-refractivity contribution in [2.75, 3.05) is 57.4 Å². The lowest BCUT2D eigenvalue weighted by atomic mass is 9.73. The molecular formula is C45H53F3N6O6S. The number of nitro benzene ring substituents is 1. The summed E-state index contributed by atoms with van der Waals surface area (Å²) in [6, 6.07) is 13.4. The predicted octanol–water partition coefficient (Wildman–Crippen LogP) is 10.2. The van der Waals surface area contributed by atoms with E-state index >= 15 is 4.39 Å². The first-order chi connectivity index (χ1) is 29.3. The summed E-state index contributed by atoms with van der Waals surface area (Å²) >= 11 is 0.902. The molecule has 2 aromatic heterocycles. The number of fused-ring (bicyclic) bond motifs is 1. The molecule has 12 nitrogen and oxygen atoms in total. The molecular weight excluding hydrogens is 810 g/mol. The molecule has 2 aromatic carbocycles. The van der Waals surface area contributed by atoms with Crippen molar-refractivity contribution in [1.29, 1.82) is 0 Å². The van der Waals surface area contributed by atoms with Gasteiger partial charge in [0.1, 0.15) is 29.4 Å². The molecule has 0 spiro atoms. The van der Waals surface area contributed by atoms with Crippen LogP contribution in [-0.4, -0.2) is 90.3 Å². The van der Waals surface area contributed by atoms with Gasteiger partial charge < -0.3 is 24.1 Å². The average Bonchev–Trinajstić information content (AvgIpc) is 3.72. The first-order valence-corrected chi connectivity index (χ1v) is 21.6. The summed E-state index contributed by atoms with van der Waals surface area (Å²) in [5.74, 6) is 0.202. The van der Waals surface area contributed by atoms with E-state index in [1.807, 2.05) is 24.3 Å². The smallest absolute Gasteiger partial charge is 0.312 e. The highest BCUT2D eigenvalue weighted by Crippen LogP contribution is 2.42. The number of ether oxygens (including phenoxy) is 3. The fourth-order valence-corrected chi connectivity index (χ4v) is 8.81. The van der Waals surface area contributed by atoms with Crippen LogP contribution in [0.4, 0.5) is 24.5 Å². The Morgan fingerprint density at radius 3 is 2.59 bits per heavy atom. The number of allylic oxidation sites excluding steroid dienone is 3. The van der Waals surface area contributed by atoms with Crippen LogP contribution in [0.5, 0.6) is 17.2 Å². The minimum Gasteiger partial charge on any atom is -0.483 e. The molecule has 2 aliphatic heterocycles. The van der Waals surface area contributed by atoms with Gasteiger partial charge >= 0.3 is 5.69 Å². The molecule has 326 valence electrons. The van der Waals surface area contributed by atoms with Gasteiger partial charge in [-0.1, -0.05) is 31.1 Å². The quantitative estimate of drug-likeness (QED) is 0.0485. The Morgan fingerprint density at radius 2 is 1.85 bits per heavy atom. The number of nitrogens with one attached hydrogen (secondary N) is 2. The van der Waals surface area contributed by atoms with E-state index in [4.69, 9.17) is 14.2 Å². The molecule has 1 amide bonds. The van der Waals surface area contributed by atoms with Gasteiger partial charge in [-0.25, -0.2) is 18.2 Å². The van der Waals surface area contributed by atoms with Gasteiger partial charge in [-0.15, -0.1) is 0 Å². The van der Waals surface area contributed by atoms with Crippen LogP contribution in [0.15, 0.2) is 88.6 Å². The first kappa shape index (κ1) is 44.0. The van der Waals surface area contributed by atoms with E-state index < -0.39 is 22.9 Å².